The Bertz CT molecular complexity index is 353. The van der Waals surface area contributed by atoms with Crippen LogP contribution in [-0.2, 0) is 0 Å². The maximum atomic E-state index is 5.92. The smallest absolute Gasteiger partial charge is 0.0585 e. The number of hydrogen-bond acceptors (Lipinski definition) is 2. The quantitative estimate of drug-likeness (QED) is 0.434. The average molecular weight is 327 g/mol. The van der Waals surface area contributed by atoms with Crippen LogP contribution in [0.5, 0.6) is 0 Å². The van der Waals surface area contributed by atoms with E-state index in [1.165, 1.54) is 51.4 Å². The van der Waals surface area contributed by atoms with Crippen molar-refractivity contribution in [2.75, 3.05) is 17.6 Å². The van der Waals surface area contributed by atoms with Gasteiger partial charge >= 0.3 is 0 Å². The number of benzene rings is 1. The van der Waals surface area contributed by atoms with E-state index in [9.17, 15) is 0 Å². The van der Waals surface area contributed by atoms with Crippen molar-refractivity contribution in [2.45, 2.75) is 58.3 Å². The minimum absolute atomic E-state index is 0.822. The monoisotopic (exact) mass is 326 g/mol. The van der Waals surface area contributed by atoms with Crippen molar-refractivity contribution in [1.82, 2.24) is 0 Å². The molecule has 0 aliphatic heterocycles. The van der Waals surface area contributed by atoms with Crippen LogP contribution in [0.4, 0.5) is 11.4 Å². The summed E-state index contributed by atoms with van der Waals surface area (Å²) in [6.45, 7) is 3.27. The van der Waals surface area contributed by atoms with Crippen molar-refractivity contribution in [3.05, 3.63) is 22.7 Å². The van der Waals surface area contributed by atoms with E-state index in [0.717, 1.165) is 22.4 Å². The summed E-state index contributed by atoms with van der Waals surface area (Å²) in [5.74, 6) is 0. The van der Waals surface area contributed by atoms with Gasteiger partial charge in [-0.25, -0.2) is 0 Å². The second-order valence-corrected chi connectivity index (χ2v) is 6.05. The summed E-state index contributed by atoms with van der Waals surface area (Å²) in [6.07, 6.45) is 10.8. The van der Waals surface area contributed by atoms with E-state index in [2.05, 4.69) is 28.2 Å². The number of anilines is 2. The highest BCUT2D eigenvalue weighted by Crippen LogP contribution is 2.23. The largest absolute Gasteiger partial charge is 0.397 e. The van der Waals surface area contributed by atoms with Gasteiger partial charge in [-0.2, -0.15) is 0 Å². The summed E-state index contributed by atoms with van der Waals surface area (Å²) < 4.78 is 1.07. The molecule has 0 saturated carbocycles. The predicted octanol–water partition coefficient (Wildman–Crippen LogP) is 5.58. The molecular formula is C16H27BrN2. The number of nitrogen functional groups attached to an aromatic ring is 1. The third kappa shape index (κ3) is 7.46. The van der Waals surface area contributed by atoms with Crippen molar-refractivity contribution < 1.29 is 0 Å². The van der Waals surface area contributed by atoms with Gasteiger partial charge in [0.25, 0.3) is 0 Å². The topological polar surface area (TPSA) is 38.0 Å². The molecule has 0 amide bonds. The van der Waals surface area contributed by atoms with Crippen LogP contribution in [-0.4, -0.2) is 6.54 Å². The molecule has 0 fully saturated rings. The fourth-order valence-electron chi connectivity index (χ4n) is 2.16. The predicted molar refractivity (Wildman–Crippen MR) is 89.7 cm³/mol. The third-order valence-corrected chi connectivity index (χ3v) is 3.85. The average Bonchev–Trinajstić information content (AvgIpc) is 2.40. The van der Waals surface area contributed by atoms with Gasteiger partial charge in [-0.1, -0.05) is 67.8 Å². The molecule has 0 radical (unpaired) electrons. The van der Waals surface area contributed by atoms with E-state index < -0.39 is 0 Å². The molecule has 0 aliphatic rings. The Morgan fingerprint density at radius 1 is 1.00 bits per heavy atom. The molecular weight excluding hydrogens is 300 g/mol. The highest BCUT2D eigenvalue weighted by atomic mass is 79.9. The van der Waals surface area contributed by atoms with Crippen molar-refractivity contribution in [3.8, 4) is 0 Å². The van der Waals surface area contributed by atoms with Crippen LogP contribution in [0, 0.1) is 0 Å². The van der Waals surface area contributed by atoms with Gasteiger partial charge in [0.2, 0.25) is 0 Å². The maximum absolute atomic E-state index is 5.92. The van der Waals surface area contributed by atoms with E-state index in [0.29, 0.717) is 0 Å². The molecule has 19 heavy (non-hydrogen) atoms. The summed E-state index contributed by atoms with van der Waals surface area (Å²) in [5.41, 5.74) is 7.78. The summed E-state index contributed by atoms with van der Waals surface area (Å²) in [6, 6.07) is 5.94. The molecule has 0 saturated heterocycles. The Kier molecular flexibility index (Phi) is 8.72. The van der Waals surface area contributed by atoms with Crippen LogP contribution in [0.2, 0.25) is 0 Å². The Balaban J connectivity index is 2.03. The second kappa shape index (κ2) is 10.1. The van der Waals surface area contributed by atoms with Crippen molar-refractivity contribution in [1.29, 1.82) is 0 Å². The molecule has 0 unspecified atom stereocenters. The van der Waals surface area contributed by atoms with Gasteiger partial charge in [0.05, 0.1) is 11.4 Å². The van der Waals surface area contributed by atoms with E-state index in [1.54, 1.807) is 0 Å². The van der Waals surface area contributed by atoms with Crippen LogP contribution >= 0.6 is 15.9 Å². The van der Waals surface area contributed by atoms with Crippen LogP contribution < -0.4 is 11.1 Å². The SMILES string of the molecule is CCCCCCCCCCNc1cc(Br)ccc1N. The van der Waals surface area contributed by atoms with Gasteiger partial charge in [-0.05, 0) is 24.6 Å². The van der Waals surface area contributed by atoms with E-state index in [-0.39, 0.29) is 0 Å². The summed E-state index contributed by atoms with van der Waals surface area (Å²) in [7, 11) is 0. The maximum Gasteiger partial charge on any atom is 0.0585 e. The first-order valence-corrected chi connectivity index (χ1v) is 8.32. The lowest BCUT2D eigenvalue weighted by molar-refractivity contribution is 0.581. The van der Waals surface area contributed by atoms with Gasteiger partial charge in [-0.15, -0.1) is 0 Å². The summed E-state index contributed by atoms with van der Waals surface area (Å²) in [4.78, 5) is 0. The summed E-state index contributed by atoms with van der Waals surface area (Å²) >= 11 is 3.46. The molecule has 0 spiro atoms. The Morgan fingerprint density at radius 2 is 1.63 bits per heavy atom. The number of nitrogens with two attached hydrogens (primary N) is 1. The van der Waals surface area contributed by atoms with Crippen LogP contribution in [0.15, 0.2) is 22.7 Å². The molecule has 0 atom stereocenters. The standard InChI is InChI=1S/C16H27BrN2/c1-2-3-4-5-6-7-8-9-12-19-16-13-14(17)10-11-15(16)18/h10-11,13,19H,2-9,12,18H2,1H3. The lowest BCUT2D eigenvalue weighted by Crippen LogP contribution is -2.04. The zero-order valence-corrected chi connectivity index (χ0v) is 13.6. The van der Waals surface area contributed by atoms with Gasteiger partial charge in [0.15, 0.2) is 0 Å². The number of nitrogens with one attached hydrogen (secondary N) is 1. The molecule has 1 rings (SSSR count). The molecule has 3 N–H and O–H groups in total. The van der Waals surface area contributed by atoms with Gasteiger partial charge in [-0.3, -0.25) is 0 Å². The molecule has 1 aromatic rings. The molecule has 2 nitrogen and oxygen atoms in total. The van der Waals surface area contributed by atoms with Crippen molar-refractivity contribution in [2.24, 2.45) is 0 Å². The summed E-state index contributed by atoms with van der Waals surface area (Å²) in [5, 5.41) is 3.41. The Morgan fingerprint density at radius 3 is 2.32 bits per heavy atom. The zero-order valence-electron chi connectivity index (χ0n) is 12.1. The molecule has 0 heterocycles. The normalized spacial score (nSPS) is 10.6. The first-order chi connectivity index (χ1) is 9.24. The first kappa shape index (κ1) is 16.4. The Labute approximate surface area is 126 Å². The molecule has 0 aliphatic carbocycles. The lowest BCUT2D eigenvalue weighted by atomic mass is 10.1. The zero-order chi connectivity index (χ0) is 13.9. The lowest BCUT2D eigenvalue weighted by Gasteiger charge is -2.09. The minimum Gasteiger partial charge on any atom is -0.397 e. The van der Waals surface area contributed by atoms with E-state index in [1.807, 2.05) is 18.2 Å². The number of halogens is 1. The molecule has 0 aromatic heterocycles. The fraction of sp³-hybridized carbons (Fsp3) is 0.625. The van der Waals surface area contributed by atoms with Gasteiger partial charge < -0.3 is 11.1 Å². The van der Waals surface area contributed by atoms with Crippen molar-refractivity contribution in [3.63, 3.8) is 0 Å². The van der Waals surface area contributed by atoms with Gasteiger partial charge in [0.1, 0.15) is 0 Å². The molecule has 0 bridgehead atoms. The van der Waals surface area contributed by atoms with Crippen LogP contribution in [0.25, 0.3) is 0 Å². The molecule has 1 aromatic carbocycles. The third-order valence-electron chi connectivity index (χ3n) is 3.36. The first-order valence-electron chi connectivity index (χ1n) is 7.53. The number of hydrogen-bond donors (Lipinski definition) is 2. The minimum atomic E-state index is 0.822. The number of unbranched alkanes of at least 4 members (excludes halogenated alkanes) is 7. The highest BCUT2D eigenvalue weighted by molar-refractivity contribution is 9.10. The van der Waals surface area contributed by atoms with Gasteiger partial charge in [0, 0.05) is 11.0 Å². The van der Waals surface area contributed by atoms with Crippen molar-refractivity contribution >= 4 is 27.3 Å². The number of rotatable bonds is 10. The fourth-order valence-corrected chi connectivity index (χ4v) is 2.52. The molecule has 108 valence electrons. The van der Waals surface area contributed by atoms with E-state index in [4.69, 9.17) is 5.73 Å². The second-order valence-electron chi connectivity index (χ2n) is 5.13. The van der Waals surface area contributed by atoms with Crippen LogP contribution in [0.3, 0.4) is 0 Å². The highest BCUT2D eigenvalue weighted by Gasteiger charge is 1.99. The van der Waals surface area contributed by atoms with E-state index >= 15 is 0 Å². The molecule has 3 heteroatoms. The van der Waals surface area contributed by atoms with Crippen LogP contribution in [0.1, 0.15) is 58.3 Å². The Hall–Kier alpha value is -0.700.